The zero-order valence-corrected chi connectivity index (χ0v) is 26.5. The number of likely N-dealkylation sites (N-methyl/N-ethyl adjacent to an activating group) is 1. The number of nitrogens with zero attached hydrogens (tertiary/aromatic N) is 6. The molecule has 3 heterocycles. The first-order valence-corrected chi connectivity index (χ1v) is 16.5. The molecule has 3 aromatic rings. The maximum absolute atomic E-state index is 13.4. The number of carbonyl (C=O) groups is 1. The van der Waals surface area contributed by atoms with Crippen molar-refractivity contribution in [2.24, 2.45) is 0 Å². The number of piperazine rings is 1. The van der Waals surface area contributed by atoms with Gasteiger partial charge in [0.25, 0.3) is 0 Å². The number of halogens is 4. The Hall–Kier alpha value is -3.66. The first-order chi connectivity index (χ1) is 21.8. The highest BCUT2D eigenvalue weighted by atomic mass is 32.2. The maximum atomic E-state index is 13.4. The standard InChI is InChI=1S/C31H37F4N7O3S/c1-39(2)14-15-40-16-18-41(19-17-40)30-37-25(20-27(38-30)22-5-7-23(8-6-22)31(33,34)35)21-36-29(43)28-4-3-13-42(28)46(44,45)26-11-9-24(32)10-12-26/h5-12,20,28H,3-4,13-19,21H2,1-2H3,(H,36,43). The quantitative estimate of drug-likeness (QED) is 0.330. The molecule has 1 atom stereocenters. The topological polar surface area (TPSA) is 102 Å². The molecule has 0 spiro atoms. The van der Waals surface area contributed by atoms with Gasteiger partial charge in [-0.3, -0.25) is 9.69 Å². The molecule has 2 aliphatic rings. The number of rotatable bonds is 10. The van der Waals surface area contributed by atoms with Crippen LogP contribution in [0.1, 0.15) is 24.1 Å². The van der Waals surface area contributed by atoms with Crippen molar-refractivity contribution in [3.63, 3.8) is 0 Å². The second-order valence-corrected chi connectivity index (χ2v) is 13.6. The molecule has 1 amide bonds. The van der Waals surface area contributed by atoms with Gasteiger partial charge in [-0.1, -0.05) is 12.1 Å². The first kappa shape index (κ1) is 33.7. The second kappa shape index (κ2) is 14.0. The van der Waals surface area contributed by atoms with Crippen LogP contribution in [0.15, 0.2) is 59.5 Å². The molecule has 2 saturated heterocycles. The maximum Gasteiger partial charge on any atom is 0.416 e. The van der Waals surface area contributed by atoms with Crippen molar-refractivity contribution >= 4 is 21.9 Å². The number of nitrogens with one attached hydrogen (secondary N) is 1. The van der Waals surface area contributed by atoms with Gasteiger partial charge in [0.05, 0.1) is 28.4 Å². The predicted octanol–water partition coefficient (Wildman–Crippen LogP) is 3.45. The number of aromatic nitrogens is 2. The largest absolute Gasteiger partial charge is 0.416 e. The van der Waals surface area contributed by atoms with Crippen LogP contribution in [-0.4, -0.2) is 104 Å². The average Bonchev–Trinajstić information content (AvgIpc) is 3.54. The van der Waals surface area contributed by atoms with E-state index in [4.69, 9.17) is 0 Å². The number of alkyl halides is 3. The van der Waals surface area contributed by atoms with Crippen LogP contribution in [-0.2, 0) is 27.5 Å². The van der Waals surface area contributed by atoms with Crippen LogP contribution in [0.3, 0.4) is 0 Å². The zero-order valence-electron chi connectivity index (χ0n) is 25.7. The Morgan fingerprint density at radius 3 is 2.28 bits per heavy atom. The molecule has 2 fully saturated rings. The summed E-state index contributed by atoms with van der Waals surface area (Å²) in [5.41, 5.74) is 0.512. The molecule has 46 heavy (non-hydrogen) atoms. The average molecular weight is 664 g/mol. The molecule has 248 valence electrons. The summed E-state index contributed by atoms with van der Waals surface area (Å²) in [7, 11) is 0.00192. The molecule has 2 aliphatic heterocycles. The molecule has 10 nitrogen and oxygen atoms in total. The van der Waals surface area contributed by atoms with Gasteiger partial charge in [-0.15, -0.1) is 0 Å². The molecule has 0 bridgehead atoms. The molecule has 5 rings (SSSR count). The van der Waals surface area contributed by atoms with Gasteiger partial charge in [-0.05, 0) is 69.4 Å². The van der Waals surface area contributed by atoms with Crippen molar-refractivity contribution in [3.8, 4) is 11.3 Å². The van der Waals surface area contributed by atoms with E-state index in [1.165, 1.54) is 24.3 Å². The number of hydrogen-bond donors (Lipinski definition) is 1. The van der Waals surface area contributed by atoms with Crippen molar-refractivity contribution in [2.45, 2.75) is 36.5 Å². The third-order valence-electron chi connectivity index (χ3n) is 8.16. The number of amides is 1. The highest BCUT2D eigenvalue weighted by molar-refractivity contribution is 7.89. The highest BCUT2D eigenvalue weighted by Crippen LogP contribution is 2.31. The minimum absolute atomic E-state index is 0.0499. The van der Waals surface area contributed by atoms with Gasteiger partial charge in [-0.25, -0.2) is 22.8 Å². The van der Waals surface area contributed by atoms with Crippen LogP contribution < -0.4 is 10.2 Å². The van der Waals surface area contributed by atoms with Crippen molar-refractivity contribution < 1.29 is 30.8 Å². The summed E-state index contributed by atoms with van der Waals surface area (Å²) >= 11 is 0. The van der Waals surface area contributed by atoms with E-state index in [-0.39, 0.29) is 18.0 Å². The van der Waals surface area contributed by atoms with Gasteiger partial charge >= 0.3 is 6.18 Å². The Labute approximate surface area is 266 Å². The van der Waals surface area contributed by atoms with E-state index in [0.29, 0.717) is 48.8 Å². The molecule has 0 aliphatic carbocycles. The van der Waals surface area contributed by atoms with Crippen molar-refractivity contribution in [1.29, 1.82) is 0 Å². The third kappa shape index (κ3) is 8.00. The van der Waals surface area contributed by atoms with E-state index in [2.05, 4.69) is 25.1 Å². The van der Waals surface area contributed by atoms with Crippen molar-refractivity contribution in [1.82, 2.24) is 29.4 Å². The summed E-state index contributed by atoms with van der Waals surface area (Å²) in [6.45, 7) is 4.80. The van der Waals surface area contributed by atoms with E-state index < -0.39 is 39.5 Å². The van der Waals surface area contributed by atoms with Gasteiger partial charge in [-0.2, -0.15) is 17.5 Å². The van der Waals surface area contributed by atoms with E-state index in [1.807, 2.05) is 19.0 Å². The van der Waals surface area contributed by atoms with Gasteiger partial charge in [0.15, 0.2) is 0 Å². The van der Waals surface area contributed by atoms with Crippen LogP contribution in [0.4, 0.5) is 23.5 Å². The normalized spacial score (nSPS) is 18.3. The van der Waals surface area contributed by atoms with Crippen LogP contribution >= 0.6 is 0 Å². The SMILES string of the molecule is CN(C)CCN1CCN(c2nc(CNC(=O)C3CCCN3S(=O)(=O)c3ccc(F)cc3)cc(-c3ccc(C(F)(F)F)cc3)n2)CC1. The smallest absolute Gasteiger partial charge is 0.349 e. The lowest BCUT2D eigenvalue weighted by Gasteiger charge is -2.35. The first-order valence-electron chi connectivity index (χ1n) is 15.0. The lowest BCUT2D eigenvalue weighted by atomic mass is 10.1. The third-order valence-corrected chi connectivity index (χ3v) is 10.1. The molecule has 1 unspecified atom stereocenters. The van der Waals surface area contributed by atoms with Crippen LogP contribution in [0.25, 0.3) is 11.3 Å². The Balaban J connectivity index is 1.35. The number of benzene rings is 2. The van der Waals surface area contributed by atoms with Crippen molar-refractivity contribution in [2.75, 3.05) is 64.8 Å². The highest BCUT2D eigenvalue weighted by Gasteiger charge is 2.39. The summed E-state index contributed by atoms with van der Waals surface area (Å²) in [6.07, 6.45) is -3.68. The van der Waals surface area contributed by atoms with Crippen LogP contribution in [0.5, 0.6) is 0 Å². The fourth-order valence-electron chi connectivity index (χ4n) is 5.53. The van der Waals surface area contributed by atoms with Crippen LogP contribution in [0.2, 0.25) is 0 Å². The number of carbonyl (C=O) groups excluding carboxylic acids is 1. The van der Waals surface area contributed by atoms with Crippen LogP contribution in [0, 0.1) is 5.82 Å². The summed E-state index contributed by atoms with van der Waals surface area (Å²) in [4.78, 5) is 29.1. The Bertz CT molecular complexity index is 1610. The van der Waals surface area contributed by atoms with Gasteiger partial charge in [0.2, 0.25) is 21.9 Å². The number of sulfonamides is 1. The second-order valence-electron chi connectivity index (χ2n) is 11.7. The number of hydrogen-bond acceptors (Lipinski definition) is 8. The minimum atomic E-state index is -4.48. The fourth-order valence-corrected chi connectivity index (χ4v) is 7.19. The zero-order chi connectivity index (χ0) is 33.1. The molecular weight excluding hydrogens is 626 g/mol. The summed E-state index contributed by atoms with van der Waals surface area (Å²) < 4.78 is 80.7. The van der Waals surface area contributed by atoms with E-state index in [9.17, 15) is 30.8 Å². The Kier molecular flexibility index (Phi) is 10.2. The molecule has 1 aromatic heterocycles. The van der Waals surface area contributed by atoms with E-state index >= 15 is 0 Å². The van der Waals surface area contributed by atoms with Gasteiger partial charge in [0.1, 0.15) is 11.9 Å². The van der Waals surface area contributed by atoms with Gasteiger partial charge < -0.3 is 15.1 Å². The predicted molar refractivity (Wildman–Crippen MR) is 165 cm³/mol. The molecule has 2 aromatic carbocycles. The number of anilines is 1. The monoisotopic (exact) mass is 663 g/mol. The lowest BCUT2D eigenvalue weighted by Crippen LogP contribution is -2.48. The Morgan fingerprint density at radius 2 is 1.65 bits per heavy atom. The minimum Gasteiger partial charge on any atom is -0.349 e. The summed E-state index contributed by atoms with van der Waals surface area (Å²) in [5.74, 6) is -0.676. The van der Waals surface area contributed by atoms with E-state index in [1.54, 1.807) is 6.07 Å². The molecule has 0 radical (unpaired) electrons. The molecule has 0 saturated carbocycles. The molecule has 15 heteroatoms. The molecule has 1 N–H and O–H groups in total. The fraction of sp³-hybridized carbons (Fsp3) is 0.452. The molecular formula is C31H37F4N7O3S. The Morgan fingerprint density at radius 1 is 0.978 bits per heavy atom. The van der Waals surface area contributed by atoms with Crippen molar-refractivity contribution in [3.05, 3.63) is 71.7 Å². The van der Waals surface area contributed by atoms with E-state index in [0.717, 1.165) is 54.7 Å². The summed E-state index contributed by atoms with van der Waals surface area (Å²) in [6, 6.07) is 9.82. The summed E-state index contributed by atoms with van der Waals surface area (Å²) in [5, 5.41) is 2.80. The lowest BCUT2D eigenvalue weighted by molar-refractivity contribution is -0.137. The van der Waals surface area contributed by atoms with Gasteiger partial charge in [0, 0.05) is 51.4 Å².